The van der Waals surface area contributed by atoms with E-state index < -0.39 is 0 Å². The van der Waals surface area contributed by atoms with Crippen molar-refractivity contribution in [3.8, 4) is 0 Å². The SMILES string of the molecule is BC1C2CCCCCC2C(Br)C2CCC(C3CCCCC3)CC12. The first-order valence-electron chi connectivity index (χ1n) is 10.9. The zero-order valence-corrected chi connectivity index (χ0v) is 16.8. The number of halogens is 1. The van der Waals surface area contributed by atoms with Crippen LogP contribution in [0.5, 0.6) is 0 Å². The van der Waals surface area contributed by atoms with Crippen LogP contribution < -0.4 is 0 Å². The fourth-order valence-corrected chi connectivity index (χ4v) is 8.66. The van der Waals surface area contributed by atoms with Gasteiger partial charge in [-0.3, -0.25) is 0 Å². The zero-order valence-electron chi connectivity index (χ0n) is 15.2. The van der Waals surface area contributed by atoms with Crippen molar-refractivity contribution in [2.24, 2.45) is 35.5 Å². The quantitative estimate of drug-likeness (QED) is 0.388. The summed E-state index contributed by atoms with van der Waals surface area (Å²) in [5.41, 5.74) is 0. The Labute approximate surface area is 153 Å². The van der Waals surface area contributed by atoms with Gasteiger partial charge in [-0.1, -0.05) is 79.5 Å². The lowest BCUT2D eigenvalue weighted by Gasteiger charge is -2.54. The fraction of sp³-hybridized carbons (Fsp3) is 1.00. The van der Waals surface area contributed by atoms with Crippen molar-refractivity contribution >= 4 is 23.8 Å². The maximum atomic E-state index is 4.25. The predicted octanol–water partition coefficient (Wildman–Crippen LogP) is 5.99. The van der Waals surface area contributed by atoms with Crippen molar-refractivity contribution in [2.75, 3.05) is 0 Å². The third-order valence-electron chi connectivity index (χ3n) is 8.61. The van der Waals surface area contributed by atoms with Crippen molar-refractivity contribution in [3.63, 3.8) is 0 Å². The summed E-state index contributed by atoms with van der Waals surface area (Å²) >= 11 is 4.25. The van der Waals surface area contributed by atoms with Crippen LogP contribution in [0.2, 0.25) is 5.82 Å². The van der Waals surface area contributed by atoms with Gasteiger partial charge >= 0.3 is 0 Å². The van der Waals surface area contributed by atoms with E-state index in [2.05, 4.69) is 23.8 Å². The first-order chi connectivity index (χ1) is 11.3. The molecule has 4 rings (SSSR count). The summed E-state index contributed by atoms with van der Waals surface area (Å²) in [4.78, 5) is 0.846. The van der Waals surface area contributed by atoms with Gasteiger partial charge in [0.15, 0.2) is 0 Å². The van der Waals surface area contributed by atoms with Gasteiger partial charge in [-0.25, -0.2) is 0 Å². The summed E-state index contributed by atoms with van der Waals surface area (Å²) in [5.74, 6) is 7.26. The van der Waals surface area contributed by atoms with Gasteiger partial charge in [-0.05, 0) is 61.2 Å². The summed E-state index contributed by atoms with van der Waals surface area (Å²) < 4.78 is 0. The second-order valence-electron chi connectivity index (χ2n) is 9.57. The maximum Gasteiger partial charge on any atom is 0.106 e. The van der Waals surface area contributed by atoms with Gasteiger partial charge in [0.25, 0.3) is 0 Å². The third-order valence-corrected chi connectivity index (χ3v) is 9.96. The van der Waals surface area contributed by atoms with Crippen molar-refractivity contribution in [1.29, 1.82) is 0 Å². The first-order valence-corrected chi connectivity index (χ1v) is 11.8. The van der Waals surface area contributed by atoms with Crippen LogP contribution in [0, 0.1) is 35.5 Å². The number of hydrogen-bond donors (Lipinski definition) is 0. The van der Waals surface area contributed by atoms with Crippen molar-refractivity contribution in [2.45, 2.75) is 94.1 Å². The summed E-state index contributed by atoms with van der Waals surface area (Å²) in [6.07, 6.45) is 19.9. The molecule has 4 aliphatic carbocycles. The Balaban J connectivity index is 1.48. The van der Waals surface area contributed by atoms with Gasteiger partial charge in [0, 0.05) is 4.83 Å². The summed E-state index contributed by atoms with van der Waals surface area (Å²) in [6.45, 7) is 0. The number of alkyl halides is 1. The Hall–Kier alpha value is 0.545. The van der Waals surface area contributed by atoms with Crippen LogP contribution in [0.4, 0.5) is 0 Å². The highest BCUT2D eigenvalue weighted by atomic mass is 79.9. The molecule has 0 spiro atoms. The van der Waals surface area contributed by atoms with Crippen molar-refractivity contribution in [3.05, 3.63) is 0 Å². The molecule has 0 heterocycles. The molecule has 0 amide bonds. The monoisotopic (exact) mass is 378 g/mol. The standard InChI is InChI=1S/C21H36BBr/c22-20-16-9-5-2-6-10-17(16)21(23)18-12-11-15(13-19(18)20)14-7-3-1-4-8-14/h14-21H,1-13,22H2. The number of hydrogen-bond acceptors (Lipinski definition) is 0. The molecule has 4 saturated carbocycles. The van der Waals surface area contributed by atoms with E-state index >= 15 is 0 Å². The molecule has 0 saturated heterocycles. The predicted molar refractivity (Wildman–Crippen MR) is 106 cm³/mol. The molecule has 0 aromatic carbocycles. The fourth-order valence-electron chi connectivity index (χ4n) is 7.34. The lowest BCUT2D eigenvalue weighted by atomic mass is 9.49. The highest BCUT2D eigenvalue weighted by Gasteiger charge is 2.49. The minimum Gasteiger partial charge on any atom is -0.0884 e. The second-order valence-corrected chi connectivity index (χ2v) is 10.6. The Morgan fingerprint density at radius 2 is 1.17 bits per heavy atom. The lowest BCUT2D eigenvalue weighted by Crippen LogP contribution is -2.47. The van der Waals surface area contributed by atoms with Gasteiger partial charge in [0.2, 0.25) is 0 Å². The molecule has 130 valence electrons. The van der Waals surface area contributed by atoms with E-state index in [9.17, 15) is 0 Å². The summed E-state index contributed by atoms with van der Waals surface area (Å²) in [6, 6.07) is 0. The molecule has 0 bridgehead atoms. The molecule has 0 aromatic rings. The van der Waals surface area contributed by atoms with E-state index in [4.69, 9.17) is 0 Å². The molecule has 0 aromatic heterocycles. The molecular formula is C21H36BBr. The Morgan fingerprint density at radius 3 is 1.91 bits per heavy atom. The van der Waals surface area contributed by atoms with E-state index in [1.54, 1.807) is 25.7 Å². The van der Waals surface area contributed by atoms with Crippen LogP contribution >= 0.6 is 15.9 Å². The van der Waals surface area contributed by atoms with E-state index in [0.29, 0.717) is 0 Å². The number of fused-ring (bicyclic) bond motifs is 2. The van der Waals surface area contributed by atoms with Gasteiger partial charge < -0.3 is 0 Å². The van der Waals surface area contributed by atoms with Crippen LogP contribution in [0.3, 0.4) is 0 Å². The van der Waals surface area contributed by atoms with Crippen LogP contribution in [-0.2, 0) is 0 Å². The average molecular weight is 379 g/mol. The van der Waals surface area contributed by atoms with E-state index in [-0.39, 0.29) is 0 Å². The summed E-state index contributed by atoms with van der Waals surface area (Å²) in [7, 11) is 2.66. The normalized spacial score (nSPS) is 49.0. The van der Waals surface area contributed by atoms with Gasteiger partial charge in [-0.2, -0.15) is 0 Å². The molecule has 4 fully saturated rings. The molecular weight excluding hydrogens is 343 g/mol. The molecule has 2 heteroatoms. The number of rotatable bonds is 1. The van der Waals surface area contributed by atoms with Crippen molar-refractivity contribution < 1.29 is 0 Å². The van der Waals surface area contributed by atoms with Crippen LogP contribution in [0.1, 0.15) is 83.5 Å². The van der Waals surface area contributed by atoms with Gasteiger partial charge in [0.1, 0.15) is 7.85 Å². The molecule has 0 N–H and O–H groups in total. The Bertz CT molecular complexity index is 391. The lowest BCUT2D eigenvalue weighted by molar-refractivity contribution is 0.0408. The minimum absolute atomic E-state index is 0.846. The molecule has 4 aliphatic rings. The van der Waals surface area contributed by atoms with Crippen LogP contribution in [-0.4, -0.2) is 12.7 Å². The van der Waals surface area contributed by atoms with E-state index in [0.717, 1.165) is 46.2 Å². The smallest absolute Gasteiger partial charge is 0.0884 e. The molecule has 7 atom stereocenters. The molecule has 0 nitrogen and oxygen atoms in total. The Kier molecular flexibility index (Phi) is 5.48. The first kappa shape index (κ1) is 17.0. The topological polar surface area (TPSA) is 0 Å². The largest absolute Gasteiger partial charge is 0.106 e. The van der Waals surface area contributed by atoms with Gasteiger partial charge in [-0.15, -0.1) is 0 Å². The maximum absolute atomic E-state index is 4.25. The van der Waals surface area contributed by atoms with Crippen LogP contribution in [0.15, 0.2) is 0 Å². The molecule has 0 radical (unpaired) electrons. The highest BCUT2D eigenvalue weighted by molar-refractivity contribution is 9.09. The van der Waals surface area contributed by atoms with Crippen molar-refractivity contribution in [1.82, 2.24) is 0 Å². The minimum atomic E-state index is 0.846. The molecule has 23 heavy (non-hydrogen) atoms. The molecule has 7 unspecified atom stereocenters. The van der Waals surface area contributed by atoms with Gasteiger partial charge in [0.05, 0.1) is 0 Å². The average Bonchev–Trinajstić information content (AvgIpc) is 2.86. The zero-order chi connectivity index (χ0) is 15.8. The third kappa shape index (κ3) is 3.32. The van der Waals surface area contributed by atoms with Crippen LogP contribution in [0.25, 0.3) is 0 Å². The van der Waals surface area contributed by atoms with E-state index in [1.807, 2.05) is 0 Å². The molecule has 0 aliphatic heterocycles. The second kappa shape index (κ2) is 7.42. The summed E-state index contributed by atoms with van der Waals surface area (Å²) in [5, 5.41) is 0. The Morgan fingerprint density at radius 1 is 0.565 bits per heavy atom. The highest BCUT2D eigenvalue weighted by Crippen LogP contribution is 2.58. The van der Waals surface area contributed by atoms with E-state index in [1.165, 1.54) is 57.8 Å².